The van der Waals surface area contributed by atoms with Gasteiger partial charge in [0.2, 0.25) is 16.9 Å². The van der Waals surface area contributed by atoms with Crippen molar-refractivity contribution in [1.82, 2.24) is 0 Å². The van der Waals surface area contributed by atoms with Crippen LogP contribution in [0.4, 0.5) is 0 Å². The second-order valence-electron chi connectivity index (χ2n) is 9.67. The molecule has 1 heterocycles. The van der Waals surface area contributed by atoms with E-state index in [2.05, 4.69) is 0 Å². The average molecular weight is 543 g/mol. The maximum Gasteiger partial charge on any atom is 0.235 e. The third-order valence-electron chi connectivity index (χ3n) is 7.05. The number of ether oxygens (including phenoxy) is 4. The molecule has 0 aliphatic heterocycles. The maximum absolute atomic E-state index is 13.3. The van der Waals surface area contributed by atoms with Crippen molar-refractivity contribution in [3.05, 3.63) is 40.1 Å². The standard InChI is InChI=1S/C31H42O8/c1-35-24-17-16-22(20-25(24)36-2)28-27(34)26(33)23-19-21(29(37-3)31(38-4)30(23)39-28)15-13-11-9-7-5-6-8-10-12-14-18-32/h16-17,19-20,32,34H,5-15,18H2,1-4H3. The first kappa shape index (κ1) is 30.2. The van der Waals surface area contributed by atoms with E-state index in [0.717, 1.165) is 37.7 Å². The minimum atomic E-state index is -0.540. The second-order valence-corrected chi connectivity index (χ2v) is 9.67. The van der Waals surface area contributed by atoms with Crippen molar-refractivity contribution in [2.45, 2.75) is 70.6 Å². The van der Waals surface area contributed by atoms with Crippen molar-refractivity contribution in [3.63, 3.8) is 0 Å². The van der Waals surface area contributed by atoms with E-state index in [0.29, 0.717) is 41.6 Å². The van der Waals surface area contributed by atoms with Gasteiger partial charge in [0.15, 0.2) is 28.6 Å². The summed E-state index contributed by atoms with van der Waals surface area (Å²) < 4.78 is 28.1. The Bertz CT molecular complexity index is 1260. The van der Waals surface area contributed by atoms with Crippen molar-refractivity contribution in [1.29, 1.82) is 0 Å². The quantitative estimate of drug-likeness (QED) is 0.183. The topological polar surface area (TPSA) is 108 Å². The van der Waals surface area contributed by atoms with Crippen LogP contribution in [0.15, 0.2) is 33.5 Å². The molecule has 2 aromatic carbocycles. The van der Waals surface area contributed by atoms with E-state index in [-0.39, 0.29) is 16.7 Å². The Kier molecular flexibility index (Phi) is 11.8. The third kappa shape index (κ3) is 7.38. The van der Waals surface area contributed by atoms with Crippen LogP contribution in [0.3, 0.4) is 0 Å². The molecule has 0 spiro atoms. The first-order chi connectivity index (χ1) is 19.0. The Balaban J connectivity index is 1.78. The van der Waals surface area contributed by atoms with Crippen molar-refractivity contribution in [3.8, 4) is 40.1 Å². The number of methoxy groups -OCH3 is 4. The van der Waals surface area contributed by atoms with Crippen LogP contribution in [0.2, 0.25) is 0 Å². The highest BCUT2D eigenvalue weighted by molar-refractivity contribution is 5.90. The minimum Gasteiger partial charge on any atom is -0.502 e. The fourth-order valence-electron chi connectivity index (χ4n) is 4.94. The number of benzene rings is 2. The number of fused-ring (bicyclic) bond motifs is 1. The van der Waals surface area contributed by atoms with Gasteiger partial charge in [-0.05, 0) is 49.1 Å². The lowest BCUT2D eigenvalue weighted by Crippen LogP contribution is -2.06. The van der Waals surface area contributed by atoms with Crippen molar-refractivity contribution in [2.24, 2.45) is 0 Å². The zero-order chi connectivity index (χ0) is 28.2. The molecule has 3 rings (SSSR count). The SMILES string of the molecule is COc1ccc(-c2oc3c(OC)c(OC)c(CCCCCCCCCCCCO)cc3c(=O)c2O)cc1OC. The summed E-state index contributed by atoms with van der Waals surface area (Å²) >= 11 is 0. The van der Waals surface area contributed by atoms with E-state index in [9.17, 15) is 9.90 Å². The Hall–Kier alpha value is -3.39. The highest BCUT2D eigenvalue weighted by Gasteiger charge is 2.24. The Morgan fingerprint density at radius 3 is 1.87 bits per heavy atom. The molecule has 8 nitrogen and oxygen atoms in total. The van der Waals surface area contributed by atoms with Gasteiger partial charge in [-0.15, -0.1) is 0 Å². The number of aliphatic hydroxyl groups is 1. The molecule has 0 aliphatic rings. The lowest BCUT2D eigenvalue weighted by Gasteiger charge is -2.16. The normalized spacial score (nSPS) is 11.1. The molecular weight excluding hydrogens is 500 g/mol. The number of rotatable bonds is 17. The van der Waals surface area contributed by atoms with Crippen LogP contribution in [-0.2, 0) is 6.42 Å². The van der Waals surface area contributed by atoms with E-state index in [1.54, 1.807) is 31.4 Å². The van der Waals surface area contributed by atoms with Gasteiger partial charge in [-0.2, -0.15) is 0 Å². The summed E-state index contributed by atoms with van der Waals surface area (Å²) in [6.07, 6.45) is 12.0. The first-order valence-corrected chi connectivity index (χ1v) is 13.8. The van der Waals surface area contributed by atoms with Gasteiger partial charge >= 0.3 is 0 Å². The summed E-state index contributed by atoms with van der Waals surface area (Å²) in [6, 6.07) is 6.74. The summed E-state index contributed by atoms with van der Waals surface area (Å²) in [6.45, 7) is 0.292. The number of hydrogen-bond acceptors (Lipinski definition) is 8. The molecule has 0 fully saturated rings. The summed E-state index contributed by atoms with van der Waals surface area (Å²) in [5, 5.41) is 19.9. The van der Waals surface area contributed by atoms with E-state index in [4.69, 9.17) is 28.5 Å². The zero-order valence-corrected chi connectivity index (χ0v) is 23.6. The lowest BCUT2D eigenvalue weighted by atomic mass is 10.0. The molecule has 2 N–H and O–H groups in total. The highest BCUT2D eigenvalue weighted by Crippen LogP contribution is 2.43. The fraction of sp³-hybridized carbons (Fsp3) is 0.516. The van der Waals surface area contributed by atoms with Gasteiger partial charge in [0.05, 0.1) is 33.8 Å². The smallest absolute Gasteiger partial charge is 0.235 e. The summed E-state index contributed by atoms with van der Waals surface area (Å²) in [5.74, 6) is 1.33. The maximum atomic E-state index is 13.3. The van der Waals surface area contributed by atoms with Crippen LogP contribution in [0.25, 0.3) is 22.3 Å². The largest absolute Gasteiger partial charge is 0.502 e. The average Bonchev–Trinajstić information content (AvgIpc) is 2.96. The highest BCUT2D eigenvalue weighted by atomic mass is 16.5. The molecule has 0 unspecified atom stereocenters. The lowest BCUT2D eigenvalue weighted by molar-refractivity contribution is 0.282. The Morgan fingerprint density at radius 1 is 0.718 bits per heavy atom. The number of aliphatic hydroxyl groups excluding tert-OH is 1. The number of aromatic hydroxyl groups is 1. The van der Waals surface area contributed by atoms with Gasteiger partial charge in [0.1, 0.15) is 0 Å². The van der Waals surface area contributed by atoms with Gasteiger partial charge in [0, 0.05) is 12.2 Å². The molecule has 0 saturated heterocycles. The Morgan fingerprint density at radius 2 is 1.31 bits per heavy atom. The van der Waals surface area contributed by atoms with E-state index in [1.807, 2.05) is 0 Å². The molecule has 39 heavy (non-hydrogen) atoms. The number of unbranched alkanes of at least 4 members (excludes halogenated alkanes) is 9. The molecule has 214 valence electrons. The monoisotopic (exact) mass is 542 g/mol. The summed E-state index contributed by atoms with van der Waals surface area (Å²) in [7, 11) is 6.12. The van der Waals surface area contributed by atoms with Gasteiger partial charge in [0.25, 0.3) is 0 Å². The van der Waals surface area contributed by atoms with Gasteiger partial charge in [-0.1, -0.05) is 51.4 Å². The van der Waals surface area contributed by atoms with Crippen molar-refractivity contribution >= 4 is 11.0 Å². The van der Waals surface area contributed by atoms with E-state index < -0.39 is 11.2 Å². The van der Waals surface area contributed by atoms with Crippen LogP contribution in [0, 0.1) is 0 Å². The molecule has 8 heteroatoms. The molecule has 0 aliphatic carbocycles. The van der Waals surface area contributed by atoms with Crippen molar-refractivity contribution in [2.75, 3.05) is 35.0 Å². The molecule has 0 bridgehead atoms. The summed E-state index contributed by atoms with van der Waals surface area (Å²) in [5.41, 5.74) is 0.975. The van der Waals surface area contributed by atoms with Crippen LogP contribution in [-0.4, -0.2) is 45.3 Å². The molecule has 0 saturated carbocycles. The number of hydrogen-bond donors (Lipinski definition) is 2. The molecule has 0 atom stereocenters. The van der Waals surface area contributed by atoms with Crippen LogP contribution in [0.5, 0.6) is 28.7 Å². The van der Waals surface area contributed by atoms with Gasteiger partial charge in [-0.25, -0.2) is 0 Å². The summed E-state index contributed by atoms with van der Waals surface area (Å²) in [4.78, 5) is 13.3. The van der Waals surface area contributed by atoms with E-state index >= 15 is 0 Å². The molecular formula is C31H42O8. The third-order valence-corrected chi connectivity index (χ3v) is 7.05. The molecule has 0 radical (unpaired) electrons. The minimum absolute atomic E-state index is 0.00922. The zero-order valence-electron chi connectivity index (χ0n) is 23.6. The fourth-order valence-corrected chi connectivity index (χ4v) is 4.94. The van der Waals surface area contributed by atoms with E-state index in [1.165, 1.54) is 53.4 Å². The predicted molar refractivity (Wildman–Crippen MR) is 153 cm³/mol. The number of aryl methyl sites for hydroxylation is 1. The van der Waals surface area contributed by atoms with Gasteiger partial charge in [-0.3, -0.25) is 4.79 Å². The molecule has 3 aromatic rings. The van der Waals surface area contributed by atoms with Crippen LogP contribution in [0.1, 0.15) is 69.8 Å². The Labute approximate surface area is 230 Å². The molecule has 0 amide bonds. The predicted octanol–water partition coefficient (Wildman–Crippen LogP) is 6.64. The van der Waals surface area contributed by atoms with Crippen LogP contribution >= 0.6 is 0 Å². The second kappa shape index (κ2) is 15.3. The van der Waals surface area contributed by atoms with Crippen molar-refractivity contribution < 1.29 is 33.6 Å². The van der Waals surface area contributed by atoms with Crippen LogP contribution < -0.4 is 24.4 Å². The first-order valence-electron chi connectivity index (χ1n) is 13.8. The van der Waals surface area contributed by atoms with Gasteiger partial charge < -0.3 is 33.6 Å². The molecule has 1 aromatic heterocycles.